The van der Waals surface area contributed by atoms with E-state index in [0.717, 1.165) is 6.07 Å². The molecule has 0 aliphatic heterocycles. The van der Waals surface area contributed by atoms with E-state index in [0.29, 0.717) is 28.4 Å². The van der Waals surface area contributed by atoms with Crippen molar-refractivity contribution in [2.24, 2.45) is 0 Å². The molecule has 0 fully saturated rings. The van der Waals surface area contributed by atoms with Crippen LogP contribution < -0.4 is 10.1 Å². The number of hydrogen-bond donors (Lipinski definition) is 2. The van der Waals surface area contributed by atoms with Crippen LogP contribution in [0.4, 0.5) is 18.9 Å². The van der Waals surface area contributed by atoms with Crippen molar-refractivity contribution < 1.29 is 22.7 Å². The molecule has 31 heavy (non-hydrogen) atoms. The molecule has 0 saturated carbocycles. The second-order valence-corrected chi connectivity index (χ2v) is 6.96. The predicted octanol–water partition coefficient (Wildman–Crippen LogP) is 5.64. The summed E-state index contributed by atoms with van der Waals surface area (Å²) in [6.45, 7) is 3.20. The summed E-state index contributed by atoms with van der Waals surface area (Å²) in [6, 6.07) is 10.6. The van der Waals surface area contributed by atoms with E-state index < -0.39 is 17.6 Å². The maximum atomic E-state index is 13.1. The smallest absolute Gasteiger partial charge is 0.416 e. The average molecular weight is 426 g/mol. The van der Waals surface area contributed by atoms with Gasteiger partial charge in [-0.15, -0.1) is 0 Å². The number of anilines is 1. The highest BCUT2D eigenvalue weighted by Crippen LogP contribution is 2.34. The molecule has 3 aromatic heterocycles. The van der Waals surface area contributed by atoms with Crippen LogP contribution in [0.5, 0.6) is 11.6 Å². The zero-order chi connectivity index (χ0) is 22.2. The van der Waals surface area contributed by atoms with Crippen LogP contribution in [0.2, 0.25) is 0 Å². The van der Waals surface area contributed by atoms with Crippen molar-refractivity contribution in [3.63, 3.8) is 0 Å². The number of nitrogens with zero attached hydrogens (tertiary/aromatic N) is 2. The van der Waals surface area contributed by atoms with Crippen LogP contribution in [0.25, 0.3) is 10.9 Å². The number of carbonyl (C=O) groups excluding carboxylic acids is 1. The first-order valence-electron chi connectivity index (χ1n) is 9.28. The monoisotopic (exact) mass is 426 g/mol. The molecule has 0 aliphatic carbocycles. The van der Waals surface area contributed by atoms with E-state index in [4.69, 9.17) is 4.74 Å². The Hall–Kier alpha value is -3.88. The van der Waals surface area contributed by atoms with E-state index in [-0.39, 0.29) is 16.8 Å². The molecule has 6 nitrogen and oxygen atoms in total. The number of H-pyrrole nitrogens is 1. The second kappa shape index (κ2) is 7.75. The maximum Gasteiger partial charge on any atom is 0.416 e. The van der Waals surface area contributed by atoms with E-state index in [1.807, 2.05) is 6.92 Å². The van der Waals surface area contributed by atoms with Crippen LogP contribution in [0.3, 0.4) is 0 Å². The van der Waals surface area contributed by atoms with Crippen LogP contribution >= 0.6 is 0 Å². The van der Waals surface area contributed by atoms with Crippen LogP contribution in [0.1, 0.15) is 27.3 Å². The van der Waals surface area contributed by atoms with Crippen molar-refractivity contribution in [3.05, 3.63) is 77.4 Å². The number of hydrogen-bond acceptors (Lipinski definition) is 4. The molecular formula is C22H17F3N4O2. The van der Waals surface area contributed by atoms with Crippen LogP contribution in [-0.4, -0.2) is 20.9 Å². The Balaban J connectivity index is 1.50. The molecule has 0 aliphatic rings. The summed E-state index contributed by atoms with van der Waals surface area (Å²) in [5.41, 5.74) is 0.847. The minimum atomic E-state index is -4.46. The van der Waals surface area contributed by atoms with Gasteiger partial charge in [0.1, 0.15) is 5.69 Å². The topological polar surface area (TPSA) is 79.9 Å². The first-order valence-corrected chi connectivity index (χ1v) is 9.28. The Morgan fingerprint density at radius 2 is 1.90 bits per heavy atom. The van der Waals surface area contributed by atoms with Gasteiger partial charge >= 0.3 is 6.18 Å². The molecule has 0 radical (unpaired) electrons. The lowest BCUT2D eigenvalue weighted by atomic mass is 10.1. The van der Waals surface area contributed by atoms with Crippen molar-refractivity contribution in [2.75, 3.05) is 5.32 Å². The normalized spacial score (nSPS) is 11.5. The number of amides is 1. The van der Waals surface area contributed by atoms with E-state index >= 15 is 0 Å². The van der Waals surface area contributed by atoms with Gasteiger partial charge in [0.05, 0.1) is 23.1 Å². The van der Waals surface area contributed by atoms with Crippen molar-refractivity contribution in [2.45, 2.75) is 20.0 Å². The average Bonchev–Trinajstić information content (AvgIpc) is 3.13. The standard InChI is InChI=1S/C22H17F3N4O2/c1-12-8-14-9-18(29-17(14)10-16(12)22(23,24)25)21(30)28-15-5-6-20(27-11-15)31-19-4-3-7-26-13(19)2/h3-11,29H,1-2H3,(H,28,30). The van der Waals surface area contributed by atoms with Gasteiger partial charge in [-0.2, -0.15) is 13.2 Å². The summed E-state index contributed by atoms with van der Waals surface area (Å²) in [6.07, 6.45) is -1.38. The molecule has 0 spiro atoms. The number of aromatic nitrogens is 3. The number of nitrogens with one attached hydrogen (secondary N) is 2. The fourth-order valence-corrected chi connectivity index (χ4v) is 3.13. The van der Waals surface area contributed by atoms with Gasteiger partial charge in [0.25, 0.3) is 5.91 Å². The van der Waals surface area contributed by atoms with Gasteiger partial charge in [0, 0.05) is 23.2 Å². The first-order chi connectivity index (χ1) is 14.7. The highest BCUT2D eigenvalue weighted by molar-refractivity contribution is 6.06. The third kappa shape index (κ3) is 4.35. The number of aryl methyl sites for hydroxylation is 2. The zero-order valence-corrected chi connectivity index (χ0v) is 16.5. The van der Waals surface area contributed by atoms with Gasteiger partial charge in [0.2, 0.25) is 5.88 Å². The Kier molecular flexibility index (Phi) is 5.10. The summed E-state index contributed by atoms with van der Waals surface area (Å²) in [5.74, 6) is 0.397. The van der Waals surface area contributed by atoms with Gasteiger partial charge in [0.15, 0.2) is 5.75 Å². The summed E-state index contributed by atoms with van der Waals surface area (Å²) in [5, 5.41) is 3.18. The van der Waals surface area contributed by atoms with Gasteiger partial charge in [-0.25, -0.2) is 4.98 Å². The summed E-state index contributed by atoms with van der Waals surface area (Å²) in [7, 11) is 0. The third-order valence-electron chi connectivity index (χ3n) is 4.68. The van der Waals surface area contributed by atoms with Crippen molar-refractivity contribution >= 4 is 22.5 Å². The van der Waals surface area contributed by atoms with Gasteiger partial charge in [-0.3, -0.25) is 9.78 Å². The second-order valence-electron chi connectivity index (χ2n) is 6.96. The molecule has 3 heterocycles. The van der Waals surface area contributed by atoms with Gasteiger partial charge in [-0.05, 0) is 55.8 Å². The fraction of sp³-hybridized carbons (Fsp3) is 0.136. The quantitative estimate of drug-likeness (QED) is 0.443. The van der Waals surface area contributed by atoms with E-state index in [9.17, 15) is 18.0 Å². The zero-order valence-electron chi connectivity index (χ0n) is 16.5. The van der Waals surface area contributed by atoms with Crippen molar-refractivity contribution in [1.29, 1.82) is 0 Å². The molecule has 0 saturated heterocycles. The largest absolute Gasteiger partial charge is 0.437 e. The SMILES string of the molecule is Cc1cc2cc(C(=O)Nc3ccc(Oc4cccnc4C)nc3)[nH]c2cc1C(F)(F)F. The molecule has 9 heteroatoms. The minimum absolute atomic E-state index is 0.0922. The number of benzene rings is 1. The summed E-state index contributed by atoms with van der Waals surface area (Å²) >= 11 is 0. The molecule has 0 unspecified atom stereocenters. The lowest BCUT2D eigenvalue weighted by molar-refractivity contribution is -0.137. The Morgan fingerprint density at radius 3 is 2.58 bits per heavy atom. The Labute approximate surface area is 175 Å². The molecular weight excluding hydrogens is 409 g/mol. The highest BCUT2D eigenvalue weighted by Gasteiger charge is 2.32. The van der Waals surface area contributed by atoms with Crippen molar-refractivity contribution in [1.82, 2.24) is 15.0 Å². The number of halogens is 3. The van der Waals surface area contributed by atoms with Gasteiger partial charge < -0.3 is 15.0 Å². The number of aromatic amines is 1. The molecule has 1 aromatic carbocycles. The minimum Gasteiger partial charge on any atom is -0.437 e. The summed E-state index contributed by atoms with van der Waals surface area (Å²) in [4.78, 5) is 23.6. The van der Waals surface area contributed by atoms with Crippen LogP contribution in [0.15, 0.2) is 54.9 Å². The molecule has 0 atom stereocenters. The third-order valence-corrected chi connectivity index (χ3v) is 4.68. The molecule has 2 N–H and O–H groups in total. The molecule has 1 amide bonds. The lowest BCUT2D eigenvalue weighted by Gasteiger charge is -2.09. The van der Waals surface area contributed by atoms with Crippen LogP contribution in [-0.2, 0) is 6.18 Å². The fourth-order valence-electron chi connectivity index (χ4n) is 3.13. The molecule has 4 rings (SSSR count). The van der Waals surface area contributed by atoms with Gasteiger partial charge in [-0.1, -0.05) is 0 Å². The predicted molar refractivity (Wildman–Crippen MR) is 109 cm³/mol. The van der Waals surface area contributed by atoms with Crippen molar-refractivity contribution in [3.8, 4) is 11.6 Å². The number of alkyl halides is 3. The number of carbonyl (C=O) groups is 1. The Morgan fingerprint density at radius 1 is 1.10 bits per heavy atom. The Bertz CT molecular complexity index is 1260. The maximum absolute atomic E-state index is 13.1. The lowest BCUT2D eigenvalue weighted by Crippen LogP contribution is -2.12. The first kappa shape index (κ1) is 20.4. The van der Waals surface area contributed by atoms with E-state index in [1.54, 1.807) is 30.5 Å². The van der Waals surface area contributed by atoms with E-state index in [1.165, 1.54) is 25.3 Å². The van der Waals surface area contributed by atoms with Crippen LogP contribution in [0, 0.1) is 13.8 Å². The number of ether oxygens (including phenoxy) is 1. The van der Waals surface area contributed by atoms with E-state index in [2.05, 4.69) is 20.3 Å². The highest BCUT2D eigenvalue weighted by atomic mass is 19.4. The summed E-state index contributed by atoms with van der Waals surface area (Å²) < 4.78 is 45.0. The molecule has 158 valence electrons. The number of rotatable bonds is 4. The number of pyridine rings is 2. The molecule has 4 aromatic rings. The molecule has 0 bridgehead atoms. The number of fused-ring (bicyclic) bond motifs is 1.